The lowest BCUT2D eigenvalue weighted by atomic mass is 9.96. The third-order valence-corrected chi connectivity index (χ3v) is 5.01. The lowest BCUT2D eigenvalue weighted by molar-refractivity contribution is 0.232. The molecule has 17 heavy (non-hydrogen) atoms. The Balaban J connectivity index is 1.72. The van der Waals surface area contributed by atoms with Crippen LogP contribution in [0.3, 0.4) is 0 Å². The van der Waals surface area contributed by atoms with Gasteiger partial charge in [0.1, 0.15) is 0 Å². The third kappa shape index (κ3) is 2.67. The fraction of sp³-hybridized carbons (Fsp3) is 0.571. The molecule has 2 aliphatic rings. The minimum atomic E-state index is 0.819. The zero-order chi connectivity index (χ0) is 11.5. The second-order valence-corrected chi connectivity index (χ2v) is 6.03. The summed E-state index contributed by atoms with van der Waals surface area (Å²) in [5, 5.41) is 3.42. The van der Waals surface area contributed by atoms with Crippen LogP contribution in [0.4, 0.5) is 0 Å². The summed E-state index contributed by atoms with van der Waals surface area (Å²) in [6.07, 6.45) is 0. The SMILES string of the molecule is c1ccc(C2CSC2)c(CN2CCNCC2)c1. The van der Waals surface area contributed by atoms with Gasteiger partial charge in [-0.25, -0.2) is 0 Å². The number of thioether (sulfide) groups is 1. The number of hydrogen-bond acceptors (Lipinski definition) is 3. The summed E-state index contributed by atoms with van der Waals surface area (Å²) in [5.41, 5.74) is 3.16. The Morgan fingerprint density at radius 1 is 1.18 bits per heavy atom. The molecule has 0 unspecified atom stereocenters. The Labute approximate surface area is 108 Å². The fourth-order valence-electron chi connectivity index (χ4n) is 2.60. The summed E-state index contributed by atoms with van der Waals surface area (Å²) < 4.78 is 0. The molecular weight excluding hydrogens is 228 g/mol. The molecule has 3 heteroatoms. The molecule has 2 aliphatic heterocycles. The topological polar surface area (TPSA) is 15.3 Å². The summed E-state index contributed by atoms with van der Waals surface area (Å²) in [5.74, 6) is 3.45. The summed E-state index contributed by atoms with van der Waals surface area (Å²) in [6.45, 7) is 5.80. The van der Waals surface area contributed by atoms with Crippen molar-refractivity contribution in [1.29, 1.82) is 0 Å². The van der Waals surface area contributed by atoms with Crippen LogP contribution in [0.15, 0.2) is 24.3 Å². The first-order chi connectivity index (χ1) is 8.43. The first-order valence-corrected chi connectivity index (χ1v) is 7.67. The van der Waals surface area contributed by atoms with Crippen LogP contribution in [-0.4, -0.2) is 42.6 Å². The quantitative estimate of drug-likeness (QED) is 0.880. The van der Waals surface area contributed by atoms with E-state index < -0.39 is 0 Å². The average Bonchev–Trinajstić information content (AvgIpc) is 2.31. The molecule has 2 fully saturated rings. The van der Waals surface area contributed by atoms with Gasteiger partial charge < -0.3 is 5.32 Å². The maximum absolute atomic E-state index is 3.42. The molecule has 92 valence electrons. The van der Waals surface area contributed by atoms with Gasteiger partial charge >= 0.3 is 0 Å². The molecule has 0 bridgehead atoms. The number of nitrogens with zero attached hydrogens (tertiary/aromatic N) is 1. The molecule has 0 amide bonds. The molecule has 1 aromatic rings. The van der Waals surface area contributed by atoms with Gasteiger partial charge in [-0.1, -0.05) is 24.3 Å². The molecule has 0 spiro atoms. The average molecular weight is 248 g/mol. The van der Waals surface area contributed by atoms with E-state index in [0.29, 0.717) is 0 Å². The number of piperazine rings is 1. The van der Waals surface area contributed by atoms with Gasteiger partial charge in [0, 0.05) is 50.1 Å². The van der Waals surface area contributed by atoms with Crippen LogP contribution in [0.25, 0.3) is 0 Å². The van der Waals surface area contributed by atoms with Crippen molar-refractivity contribution in [2.45, 2.75) is 12.5 Å². The van der Waals surface area contributed by atoms with E-state index in [-0.39, 0.29) is 0 Å². The normalized spacial score (nSPS) is 22.4. The van der Waals surface area contributed by atoms with E-state index >= 15 is 0 Å². The molecule has 0 aromatic heterocycles. The smallest absolute Gasteiger partial charge is 0.0237 e. The highest BCUT2D eigenvalue weighted by molar-refractivity contribution is 8.00. The van der Waals surface area contributed by atoms with Crippen LogP contribution in [0, 0.1) is 0 Å². The molecule has 3 rings (SSSR count). The molecule has 0 aliphatic carbocycles. The Kier molecular flexibility index (Phi) is 3.69. The Bertz CT molecular complexity index is 370. The van der Waals surface area contributed by atoms with Crippen molar-refractivity contribution in [3.63, 3.8) is 0 Å². The van der Waals surface area contributed by atoms with Crippen LogP contribution in [0.1, 0.15) is 17.0 Å². The first-order valence-electron chi connectivity index (χ1n) is 6.52. The van der Waals surface area contributed by atoms with Crippen molar-refractivity contribution in [3.8, 4) is 0 Å². The van der Waals surface area contributed by atoms with Crippen molar-refractivity contribution in [2.75, 3.05) is 37.7 Å². The van der Waals surface area contributed by atoms with Crippen LogP contribution < -0.4 is 5.32 Å². The van der Waals surface area contributed by atoms with E-state index in [4.69, 9.17) is 0 Å². The van der Waals surface area contributed by atoms with E-state index in [1.165, 1.54) is 24.6 Å². The predicted octanol–water partition coefficient (Wildman–Crippen LogP) is 1.92. The summed E-state index contributed by atoms with van der Waals surface area (Å²) in [6, 6.07) is 9.04. The maximum Gasteiger partial charge on any atom is 0.0237 e. The van der Waals surface area contributed by atoms with Crippen LogP contribution in [0.5, 0.6) is 0 Å². The van der Waals surface area contributed by atoms with E-state index in [2.05, 4.69) is 46.2 Å². The van der Waals surface area contributed by atoms with E-state index in [9.17, 15) is 0 Å². The van der Waals surface area contributed by atoms with Crippen molar-refractivity contribution in [2.24, 2.45) is 0 Å². The van der Waals surface area contributed by atoms with Gasteiger partial charge in [-0.05, 0) is 11.1 Å². The lowest BCUT2D eigenvalue weighted by Crippen LogP contribution is -2.43. The zero-order valence-corrected chi connectivity index (χ0v) is 11.0. The summed E-state index contributed by atoms with van der Waals surface area (Å²) in [7, 11) is 0. The fourth-order valence-corrected chi connectivity index (χ4v) is 3.43. The Morgan fingerprint density at radius 3 is 2.65 bits per heavy atom. The van der Waals surface area contributed by atoms with Crippen molar-refractivity contribution >= 4 is 11.8 Å². The number of benzene rings is 1. The molecule has 1 N–H and O–H groups in total. The van der Waals surface area contributed by atoms with Crippen molar-refractivity contribution in [1.82, 2.24) is 10.2 Å². The second kappa shape index (κ2) is 5.42. The standard InChI is InChI=1S/C14H20N2S/c1-2-4-14(13-10-17-11-13)12(3-1)9-16-7-5-15-6-8-16/h1-4,13,15H,5-11H2. The van der Waals surface area contributed by atoms with Crippen LogP contribution >= 0.6 is 11.8 Å². The van der Waals surface area contributed by atoms with Gasteiger partial charge in [-0.2, -0.15) is 11.8 Å². The van der Waals surface area contributed by atoms with Crippen molar-refractivity contribution < 1.29 is 0 Å². The third-order valence-electron chi connectivity index (χ3n) is 3.74. The molecular formula is C14H20N2S. The first kappa shape index (κ1) is 11.6. The molecule has 0 saturated carbocycles. The Morgan fingerprint density at radius 2 is 1.94 bits per heavy atom. The monoisotopic (exact) mass is 248 g/mol. The van der Waals surface area contributed by atoms with Gasteiger partial charge in [0.05, 0.1) is 0 Å². The molecule has 2 heterocycles. The lowest BCUT2D eigenvalue weighted by Gasteiger charge is -2.31. The molecule has 0 atom stereocenters. The summed E-state index contributed by atoms with van der Waals surface area (Å²) in [4.78, 5) is 2.57. The van der Waals surface area contributed by atoms with Gasteiger partial charge in [-0.3, -0.25) is 4.90 Å². The number of hydrogen-bond donors (Lipinski definition) is 1. The van der Waals surface area contributed by atoms with Crippen molar-refractivity contribution in [3.05, 3.63) is 35.4 Å². The minimum Gasteiger partial charge on any atom is -0.314 e. The predicted molar refractivity (Wildman–Crippen MR) is 74.7 cm³/mol. The molecule has 2 nitrogen and oxygen atoms in total. The number of rotatable bonds is 3. The molecule has 0 radical (unpaired) electrons. The highest BCUT2D eigenvalue weighted by Crippen LogP contribution is 2.35. The van der Waals surface area contributed by atoms with Crippen LogP contribution in [0.2, 0.25) is 0 Å². The zero-order valence-electron chi connectivity index (χ0n) is 10.2. The van der Waals surface area contributed by atoms with Gasteiger partial charge in [0.25, 0.3) is 0 Å². The largest absolute Gasteiger partial charge is 0.314 e. The second-order valence-electron chi connectivity index (χ2n) is 4.96. The molecule has 2 saturated heterocycles. The van der Waals surface area contributed by atoms with E-state index in [1.54, 1.807) is 11.1 Å². The van der Waals surface area contributed by atoms with Gasteiger partial charge in [-0.15, -0.1) is 0 Å². The number of nitrogens with one attached hydrogen (secondary N) is 1. The Hall–Kier alpha value is -0.510. The minimum absolute atomic E-state index is 0.819. The van der Waals surface area contributed by atoms with E-state index in [0.717, 1.165) is 25.6 Å². The summed E-state index contributed by atoms with van der Waals surface area (Å²) >= 11 is 2.07. The van der Waals surface area contributed by atoms with Crippen LogP contribution in [-0.2, 0) is 6.54 Å². The van der Waals surface area contributed by atoms with Gasteiger partial charge in [0.2, 0.25) is 0 Å². The van der Waals surface area contributed by atoms with Gasteiger partial charge in [0.15, 0.2) is 0 Å². The highest BCUT2D eigenvalue weighted by atomic mass is 32.2. The van der Waals surface area contributed by atoms with E-state index in [1.807, 2.05) is 0 Å². The highest BCUT2D eigenvalue weighted by Gasteiger charge is 2.23. The molecule has 1 aromatic carbocycles. The maximum atomic E-state index is 3.42.